The van der Waals surface area contributed by atoms with Crippen LogP contribution >= 0.6 is 0 Å². The molecular weight excluding hydrogens is 234 g/mol. The van der Waals surface area contributed by atoms with Crippen molar-refractivity contribution < 1.29 is 4.74 Å². The second-order valence-electron chi connectivity index (χ2n) is 5.25. The molecule has 104 valence electrons. The van der Waals surface area contributed by atoms with Gasteiger partial charge >= 0.3 is 0 Å². The van der Waals surface area contributed by atoms with Gasteiger partial charge in [-0.2, -0.15) is 0 Å². The highest BCUT2D eigenvalue weighted by Gasteiger charge is 2.09. The fourth-order valence-electron chi connectivity index (χ4n) is 2.43. The van der Waals surface area contributed by atoms with Crippen molar-refractivity contribution in [3.8, 4) is 0 Å². The molecule has 0 atom stereocenters. The first-order chi connectivity index (χ1) is 9.40. The van der Waals surface area contributed by atoms with Crippen LogP contribution < -0.4 is 0 Å². The third-order valence-electron chi connectivity index (χ3n) is 3.61. The molecule has 1 aromatic carbocycles. The minimum Gasteiger partial charge on any atom is -0.476 e. The number of rotatable bonds is 8. The largest absolute Gasteiger partial charge is 0.476 e. The minimum absolute atomic E-state index is 0.731. The highest BCUT2D eigenvalue weighted by Crippen LogP contribution is 2.13. The molecule has 0 aromatic heterocycles. The molecule has 0 spiro atoms. The number of hydrogen-bond donors (Lipinski definition) is 0. The maximum atomic E-state index is 5.46. The number of hydrogen-bond acceptors (Lipinski definition) is 2. The number of aliphatic imine (C=N–C) groups is 1. The average molecular weight is 259 g/mol. The summed E-state index contributed by atoms with van der Waals surface area (Å²) in [6.07, 6.45) is 9.35. The molecule has 0 unspecified atom stereocenters. The lowest BCUT2D eigenvalue weighted by Gasteiger charge is -2.04. The monoisotopic (exact) mass is 259 g/mol. The Morgan fingerprint density at radius 1 is 1.00 bits per heavy atom. The van der Waals surface area contributed by atoms with E-state index >= 15 is 0 Å². The molecule has 1 heterocycles. The van der Waals surface area contributed by atoms with Crippen LogP contribution in [0.25, 0.3) is 0 Å². The lowest BCUT2D eigenvalue weighted by Crippen LogP contribution is -2.00. The van der Waals surface area contributed by atoms with Gasteiger partial charge in [-0.1, -0.05) is 51.2 Å². The molecule has 0 N–H and O–H groups in total. The van der Waals surface area contributed by atoms with Gasteiger partial charge in [0.1, 0.15) is 6.61 Å². The van der Waals surface area contributed by atoms with Crippen molar-refractivity contribution in [3.63, 3.8) is 0 Å². The Kier molecular flexibility index (Phi) is 5.93. The molecule has 19 heavy (non-hydrogen) atoms. The van der Waals surface area contributed by atoms with Gasteiger partial charge in [0.2, 0.25) is 5.90 Å². The van der Waals surface area contributed by atoms with E-state index < -0.39 is 0 Å². The van der Waals surface area contributed by atoms with Crippen LogP contribution in [0.15, 0.2) is 29.3 Å². The molecule has 0 fully saturated rings. The van der Waals surface area contributed by atoms with Gasteiger partial charge in [0.15, 0.2) is 0 Å². The Bertz CT molecular complexity index is 394. The molecule has 0 aliphatic carbocycles. The van der Waals surface area contributed by atoms with Crippen LogP contribution in [0.3, 0.4) is 0 Å². The van der Waals surface area contributed by atoms with Gasteiger partial charge in [-0.05, 0) is 30.5 Å². The summed E-state index contributed by atoms with van der Waals surface area (Å²) in [4.78, 5) is 4.33. The summed E-state index contributed by atoms with van der Waals surface area (Å²) in [6.45, 7) is 3.80. The molecule has 0 amide bonds. The zero-order valence-corrected chi connectivity index (χ0v) is 12.0. The van der Waals surface area contributed by atoms with Gasteiger partial charge in [-0.15, -0.1) is 0 Å². The van der Waals surface area contributed by atoms with Gasteiger partial charge < -0.3 is 4.74 Å². The fraction of sp³-hybridized carbons (Fsp3) is 0.588. The molecule has 0 saturated heterocycles. The second kappa shape index (κ2) is 7.98. The molecular formula is C17H25NO. The number of benzene rings is 1. The first kappa shape index (κ1) is 14.1. The van der Waals surface area contributed by atoms with E-state index in [4.69, 9.17) is 4.74 Å². The number of unbranched alkanes of at least 4 members (excludes halogenated alkanes) is 5. The van der Waals surface area contributed by atoms with E-state index in [0.29, 0.717) is 0 Å². The van der Waals surface area contributed by atoms with Crippen LogP contribution in [0.2, 0.25) is 0 Å². The topological polar surface area (TPSA) is 21.6 Å². The van der Waals surface area contributed by atoms with E-state index in [1.807, 2.05) is 0 Å². The van der Waals surface area contributed by atoms with Crippen LogP contribution in [0.4, 0.5) is 0 Å². The summed E-state index contributed by atoms with van der Waals surface area (Å²) in [5, 5.41) is 0. The molecule has 0 radical (unpaired) electrons. The predicted molar refractivity (Wildman–Crippen MR) is 80.9 cm³/mol. The van der Waals surface area contributed by atoms with Crippen molar-refractivity contribution in [2.24, 2.45) is 4.99 Å². The smallest absolute Gasteiger partial charge is 0.216 e. The van der Waals surface area contributed by atoms with E-state index in [-0.39, 0.29) is 0 Å². The van der Waals surface area contributed by atoms with Crippen LogP contribution in [-0.2, 0) is 11.2 Å². The standard InChI is InChI=1S/C17H25NO/c1-2-3-4-5-6-7-8-15-9-11-16(12-10-15)17-18-13-14-19-17/h9-12H,2-8,13-14H2,1H3. The summed E-state index contributed by atoms with van der Waals surface area (Å²) >= 11 is 0. The molecule has 2 nitrogen and oxygen atoms in total. The highest BCUT2D eigenvalue weighted by atomic mass is 16.5. The summed E-state index contributed by atoms with van der Waals surface area (Å²) < 4.78 is 5.46. The van der Waals surface area contributed by atoms with Gasteiger partial charge in [0.25, 0.3) is 0 Å². The Labute approximate surface area is 116 Å². The molecule has 2 heteroatoms. The Hall–Kier alpha value is -1.31. The first-order valence-electron chi connectivity index (χ1n) is 7.66. The van der Waals surface area contributed by atoms with Crippen molar-refractivity contribution in [1.29, 1.82) is 0 Å². The normalized spacial score (nSPS) is 14.3. The van der Waals surface area contributed by atoms with Crippen molar-refractivity contribution in [2.45, 2.75) is 51.9 Å². The van der Waals surface area contributed by atoms with E-state index in [9.17, 15) is 0 Å². The summed E-state index contributed by atoms with van der Waals surface area (Å²) in [7, 11) is 0. The van der Waals surface area contributed by atoms with Crippen LogP contribution in [0.5, 0.6) is 0 Å². The zero-order chi connectivity index (χ0) is 13.3. The fourth-order valence-corrected chi connectivity index (χ4v) is 2.43. The van der Waals surface area contributed by atoms with Gasteiger partial charge in [-0.25, -0.2) is 4.99 Å². The molecule has 1 aromatic rings. The maximum Gasteiger partial charge on any atom is 0.216 e. The van der Waals surface area contributed by atoms with Gasteiger partial charge in [0, 0.05) is 5.56 Å². The minimum atomic E-state index is 0.731. The molecule has 1 aliphatic heterocycles. The third-order valence-corrected chi connectivity index (χ3v) is 3.61. The number of aryl methyl sites for hydroxylation is 1. The van der Waals surface area contributed by atoms with Crippen LogP contribution in [-0.4, -0.2) is 19.0 Å². The molecule has 0 bridgehead atoms. The average Bonchev–Trinajstić information content (AvgIpc) is 2.97. The summed E-state index contributed by atoms with van der Waals surface area (Å²) in [5.74, 6) is 0.811. The predicted octanol–water partition coefficient (Wildman–Crippen LogP) is 4.37. The summed E-state index contributed by atoms with van der Waals surface area (Å²) in [5.41, 5.74) is 2.54. The number of ether oxygens (including phenoxy) is 1. The lowest BCUT2D eigenvalue weighted by molar-refractivity contribution is 0.348. The van der Waals surface area contributed by atoms with Crippen molar-refractivity contribution >= 4 is 5.90 Å². The van der Waals surface area contributed by atoms with Crippen molar-refractivity contribution in [3.05, 3.63) is 35.4 Å². The second-order valence-corrected chi connectivity index (χ2v) is 5.25. The van der Waals surface area contributed by atoms with Crippen LogP contribution in [0, 0.1) is 0 Å². The van der Waals surface area contributed by atoms with Crippen LogP contribution in [0.1, 0.15) is 56.6 Å². The molecule has 2 rings (SSSR count). The van der Waals surface area contributed by atoms with Crippen molar-refractivity contribution in [1.82, 2.24) is 0 Å². The SMILES string of the molecule is CCCCCCCCc1ccc(C2=NCCO2)cc1. The Balaban J connectivity index is 1.70. The summed E-state index contributed by atoms with van der Waals surface area (Å²) in [6, 6.07) is 8.70. The number of nitrogens with zero attached hydrogens (tertiary/aromatic N) is 1. The van der Waals surface area contributed by atoms with Gasteiger partial charge in [0.05, 0.1) is 6.54 Å². The Morgan fingerprint density at radius 3 is 2.42 bits per heavy atom. The zero-order valence-electron chi connectivity index (χ0n) is 12.0. The Morgan fingerprint density at radius 2 is 1.74 bits per heavy atom. The van der Waals surface area contributed by atoms with Gasteiger partial charge in [-0.3, -0.25) is 0 Å². The third kappa shape index (κ3) is 4.70. The van der Waals surface area contributed by atoms with E-state index in [0.717, 1.165) is 24.6 Å². The first-order valence-corrected chi connectivity index (χ1v) is 7.66. The highest BCUT2D eigenvalue weighted by molar-refractivity contribution is 5.94. The maximum absolute atomic E-state index is 5.46. The van der Waals surface area contributed by atoms with E-state index in [2.05, 4.69) is 36.2 Å². The molecule has 0 saturated carbocycles. The van der Waals surface area contributed by atoms with E-state index in [1.54, 1.807) is 0 Å². The molecule has 1 aliphatic rings. The van der Waals surface area contributed by atoms with E-state index in [1.165, 1.54) is 50.5 Å². The quantitative estimate of drug-likeness (QED) is 0.635. The van der Waals surface area contributed by atoms with Crippen molar-refractivity contribution in [2.75, 3.05) is 13.2 Å². The lowest BCUT2D eigenvalue weighted by atomic mass is 10.0.